The molecule has 20 heavy (non-hydrogen) atoms. The topological polar surface area (TPSA) is 61.6 Å². The van der Waals surface area contributed by atoms with Gasteiger partial charge in [-0.05, 0) is 44.0 Å². The quantitative estimate of drug-likeness (QED) is 0.862. The van der Waals surface area contributed by atoms with Crippen LogP contribution < -0.4 is 5.32 Å². The van der Waals surface area contributed by atoms with Crippen LogP contribution in [0.3, 0.4) is 0 Å². The van der Waals surface area contributed by atoms with E-state index < -0.39 is 0 Å². The molecule has 0 saturated carbocycles. The van der Waals surface area contributed by atoms with Gasteiger partial charge in [0.2, 0.25) is 0 Å². The van der Waals surface area contributed by atoms with E-state index in [-0.39, 0.29) is 0 Å². The number of hydrogen-bond acceptors (Lipinski definition) is 4. The zero-order valence-electron chi connectivity index (χ0n) is 12.1. The number of nitriles is 1. The third-order valence-corrected chi connectivity index (χ3v) is 3.14. The predicted molar refractivity (Wildman–Crippen MR) is 80.4 cm³/mol. The van der Waals surface area contributed by atoms with Crippen LogP contribution in [0.4, 0.5) is 5.82 Å². The second-order valence-electron chi connectivity index (χ2n) is 4.91. The maximum Gasteiger partial charge on any atom is 0.148 e. The first-order chi connectivity index (χ1) is 9.61. The fraction of sp³-hybridized carbons (Fsp3) is 0.312. The van der Waals surface area contributed by atoms with Gasteiger partial charge in [0.15, 0.2) is 0 Å². The Morgan fingerprint density at radius 3 is 2.35 bits per heavy atom. The molecule has 0 saturated heterocycles. The Bertz CT molecular complexity index is 616. The molecule has 1 heterocycles. The first kappa shape index (κ1) is 14.0. The molecule has 0 radical (unpaired) electrons. The molecule has 4 heteroatoms. The number of aromatic nitrogens is 2. The second-order valence-corrected chi connectivity index (χ2v) is 4.91. The Morgan fingerprint density at radius 1 is 1.10 bits per heavy atom. The van der Waals surface area contributed by atoms with Crippen molar-refractivity contribution in [3.63, 3.8) is 0 Å². The van der Waals surface area contributed by atoms with Crippen molar-refractivity contribution in [3.8, 4) is 17.3 Å². The van der Waals surface area contributed by atoms with Crippen molar-refractivity contribution >= 4 is 5.82 Å². The summed E-state index contributed by atoms with van der Waals surface area (Å²) in [4.78, 5) is 0. The highest BCUT2D eigenvalue weighted by Gasteiger charge is 2.08. The van der Waals surface area contributed by atoms with E-state index in [4.69, 9.17) is 5.26 Å². The van der Waals surface area contributed by atoms with Crippen LogP contribution in [-0.4, -0.2) is 16.7 Å². The van der Waals surface area contributed by atoms with Crippen molar-refractivity contribution < 1.29 is 0 Å². The van der Waals surface area contributed by atoms with Crippen LogP contribution in [0.1, 0.15) is 23.1 Å². The molecule has 0 bridgehead atoms. The van der Waals surface area contributed by atoms with Crippen molar-refractivity contribution in [2.45, 2.75) is 27.2 Å². The van der Waals surface area contributed by atoms with Crippen LogP contribution >= 0.6 is 0 Å². The molecule has 0 amide bonds. The van der Waals surface area contributed by atoms with Crippen LogP contribution in [0.25, 0.3) is 11.3 Å². The number of rotatable bonds is 4. The van der Waals surface area contributed by atoms with Gasteiger partial charge in [-0.3, -0.25) is 0 Å². The summed E-state index contributed by atoms with van der Waals surface area (Å²) in [5.41, 5.74) is 5.70. The monoisotopic (exact) mass is 266 g/mol. The number of anilines is 1. The van der Waals surface area contributed by atoms with Gasteiger partial charge in [-0.1, -0.05) is 17.7 Å². The molecule has 0 aliphatic heterocycles. The first-order valence-corrected chi connectivity index (χ1v) is 6.64. The lowest BCUT2D eigenvalue weighted by molar-refractivity contribution is 0.990. The first-order valence-electron chi connectivity index (χ1n) is 6.64. The highest BCUT2D eigenvalue weighted by Crippen LogP contribution is 2.26. The smallest absolute Gasteiger partial charge is 0.148 e. The Labute approximate surface area is 119 Å². The van der Waals surface area contributed by atoms with Crippen LogP contribution in [0.2, 0.25) is 0 Å². The fourth-order valence-electron chi connectivity index (χ4n) is 2.39. The lowest BCUT2D eigenvalue weighted by Crippen LogP contribution is -2.04. The highest BCUT2D eigenvalue weighted by molar-refractivity contribution is 5.68. The molecule has 102 valence electrons. The number of nitrogens with one attached hydrogen (secondary N) is 1. The minimum Gasteiger partial charge on any atom is -0.368 e. The van der Waals surface area contributed by atoms with E-state index in [0.717, 1.165) is 11.3 Å². The summed E-state index contributed by atoms with van der Waals surface area (Å²) < 4.78 is 0. The van der Waals surface area contributed by atoms with E-state index in [9.17, 15) is 0 Å². The molecule has 0 fully saturated rings. The number of benzene rings is 1. The third-order valence-electron chi connectivity index (χ3n) is 3.14. The van der Waals surface area contributed by atoms with E-state index in [1.165, 1.54) is 16.7 Å². The Morgan fingerprint density at radius 2 is 1.80 bits per heavy atom. The number of aryl methyl sites for hydroxylation is 3. The Hall–Kier alpha value is -2.41. The van der Waals surface area contributed by atoms with Crippen LogP contribution in [0.5, 0.6) is 0 Å². The molecule has 1 aromatic heterocycles. The van der Waals surface area contributed by atoms with Crippen molar-refractivity contribution in [1.29, 1.82) is 5.26 Å². The van der Waals surface area contributed by atoms with Crippen molar-refractivity contribution in [2.24, 2.45) is 0 Å². The van der Waals surface area contributed by atoms with Crippen LogP contribution in [0, 0.1) is 32.1 Å². The van der Waals surface area contributed by atoms with E-state index in [0.29, 0.717) is 18.8 Å². The van der Waals surface area contributed by atoms with Crippen LogP contribution in [0.15, 0.2) is 24.3 Å². The summed E-state index contributed by atoms with van der Waals surface area (Å²) in [6.45, 7) is 6.87. The zero-order chi connectivity index (χ0) is 14.5. The van der Waals surface area contributed by atoms with Crippen molar-refractivity contribution in [2.75, 3.05) is 11.9 Å². The van der Waals surface area contributed by atoms with Crippen molar-refractivity contribution in [3.05, 3.63) is 41.0 Å². The second kappa shape index (κ2) is 6.16. The van der Waals surface area contributed by atoms with E-state index in [2.05, 4.69) is 54.5 Å². The third kappa shape index (κ3) is 3.12. The summed E-state index contributed by atoms with van der Waals surface area (Å²) in [7, 11) is 0. The highest BCUT2D eigenvalue weighted by atomic mass is 15.2. The van der Waals surface area contributed by atoms with Gasteiger partial charge in [0.25, 0.3) is 0 Å². The summed E-state index contributed by atoms with van der Waals surface area (Å²) in [6, 6.07) is 10.3. The van der Waals surface area contributed by atoms with Gasteiger partial charge in [0.1, 0.15) is 5.82 Å². The van der Waals surface area contributed by atoms with Gasteiger partial charge in [0, 0.05) is 12.1 Å². The number of hydrogen-bond donors (Lipinski definition) is 1. The van der Waals surface area contributed by atoms with Gasteiger partial charge in [-0.25, -0.2) is 0 Å². The van der Waals surface area contributed by atoms with Gasteiger partial charge in [0.05, 0.1) is 18.2 Å². The lowest BCUT2D eigenvalue weighted by Gasteiger charge is -2.11. The Kier molecular flexibility index (Phi) is 4.31. The predicted octanol–water partition coefficient (Wildman–Crippen LogP) is 3.39. The van der Waals surface area contributed by atoms with Crippen molar-refractivity contribution in [1.82, 2.24) is 10.2 Å². The summed E-state index contributed by atoms with van der Waals surface area (Å²) in [6.07, 6.45) is 0.458. The molecule has 4 nitrogen and oxygen atoms in total. The molecule has 0 aliphatic carbocycles. The summed E-state index contributed by atoms with van der Waals surface area (Å²) >= 11 is 0. The average molecular weight is 266 g/mol. The molecule has 0 atom stereocenters. The van der Waals surface area contributed by atoms with E-state index in [1.54, 1.807) is 0 Å². The maximum absolute atomic E-state index is 8.49. The molecule has 0 unspecified atom stereocenters. The molecule has 1 N–H and O–H groups in total. The van der Waals surface area contributed by atoms with E-state index in [1.807, 2.05) is 12.1 Å². The summed E-state index contributed by atoms with van der Waals surface area (Å²) in [5.74, 6) is 0.700. The SMILES string of the molecule is Cc1cc(C)c(-c2ccc(NCCC#N)nn2)c(C)c1. The fourth-order valence-corrected chi connectivity index (χ4v) is 2.39. The number of nitrogens with zero attached hydrogens (tertiary/aromatic N) is 3. The summed E-state index contributed by atoms with van der Waals surface area (Å²) in [5, 5.41) is 20.0. The van der Waals surface area contributed by atoms with Crippen LogP contribution in [-0.2, 0) is 0 Å². The zero-order valence-corrected chi connectivity index (χ0v) is 12.1. The molecule has 2 aromatic rings. The molecule has 1 aromatic carbocycles. The van der Waals surface area contributed by atoms with Gasteiger partial charge in [-0.15, -0.1) is 10.2 Å². The molecule has 0 aliphatic rings. The molecular weight excluding hydrogens is 248 g/mol. The Balaban J connectivity index is 2.25. The molecule has 0 spiro atoms. The van der Waals surface area contributed by atoms with E-state index >= 15 is 0 Å². The normalized spacial score (nSPS) is 10.1. The lowest BCUT2D eigenvalue weighted by atomic mass is 9.97. The molecular formula is C16H18N4. The largest absolute Gasteiger partial charge is 0.368 e. The van der Waals surface area contributed by atoms with Gasteiger partial charge >= 0.3 is 0 Å². The van der Waals surface area contributed by atoms with Gasteiger partial charge < -0.3 is 5.32 Å². The maximum atomic E-state index is 8.49. The average Bonchev–Trinajstić information content (AvgIpc) is 2.39. The minimum atomic E-state index is 0.458. The van der Waals surface area contributed by atoms with Gasteiger partial charge in [-0.2, -0.15) is 5.26 Å². The minimum absolute atomic E-state index is 0.458. The standard InChI is InChI=1S/C16H18N4/c1-11-9-12(2)16(13(3)10-11)14-5-6-15(20-19-14)18-8-4-7-17/h5-6,9-10H,4,8H2,1-3H3,(H,18,20). The molecule has 2 rings (SSSR count).